The minimum Gasteiger partial charge on any atom is -0.412 e. The summed E-state index contributed by atoms with van der Waals surface area (Å²) in [5, 5.41) is 0. The van der Waals surface area contributed by atoms with E-state index in [9.17, 15) is 0 Å². The van der Waals surface area contributed by atoms with Gasteiger partial charge in [-0.05, 0) is 30.1 Å². The van der Waals surface area contributed by atoms with E-state index in [-0.39, 0.29) is 0 Å². The van der Waals surface area contributed by atoms with Crippen molar-refractivity contribution < 1.29 is 9.16 Å². The summed E-state index contributed by atoms with van der Waals surface area (Å²) >= 11 is 0. The second kappa shape index (κ2) is 9.95. The first-order chi connectivity index (χ1) is 9.31. The van der Waals surface area contributed by atoms with Gasteiger partial charge in [-0.2, -0.15) is 0 Å². The summed E-state index contributed by atoms with van der Waals surface area (Å²) in [5.74, 6) is 0. The molecule has 0 amide bonds. The maximum atomic E-state index is 6.13. The maximum Gasteiger partial charge on any atom is 0.214 e. The molecule has 0 spiro atoms. The van der Waals surface area contributed by atoms with E-state index < -0.39 is 9.04 Å². The molecule has 0 saturated heterocycles. The van der Waals surface area contributed by atoms with Crippen molar-refractivity contribution in [3.63, 3.8) is 0 Å². The van der Waals surface area contributed by atoms with Gasteiger partial charge in [-0.25, -0.2) is 0 Å². The van der Waals surface area contributed by atoms with Crippen LogP contribution < -0.4 is 0 Å². The van der Waals surface area contributed by atoms with Crippen LogP contribution in [0.3, 0.4) is 0 Å². The van der Waals surface area contributed by atoms with Gasteiger partial charge in [0.2, 0.25) is 9.04 Å². The van der Waals surface area contributed by atoms with E-state index in [1.54, 1.807) is 0 Å². The molecule has 0 saturated carbocycles. The van der Waals surface area contributed by atoms with E-state index >= 15 is 0 Å². The maximum absolute atomic E-state index is 6.13. The third-order valence-electron chi connectivity index (χ3n) is 2.97. The SMILES string of the molecule is C=Cc1ccccc1CO[Si](CCC)CCOCC. The standard InChI is InChI=1S/C16H25O2Si/c1-4-12-19(13-11-17-6-3)18-14-16-10-8-7-9-15(16)5-2/h5,7-10H,2,4,6,11-14H2,1,3H3. The van der Waals surface area contributed by atoms with Gasteiger partial charge in [-0.15, -0.1) is 0 Å². The molecule has 0 aliphatic heterocycles. The lowest BCUT2D eigenvalue weighted by Crippen LogP contribution is -2.20. The van der Waals surface area contributed by atoms with Gasteiger partial charge >= 0.3 is 0 Å². The minimum absolute atomic E-state index is 0.697. The zero-order valence-electron chi connectivity index (χ0n) is 12.2. The van der Waals surface area contributed by atoms with E-state index in [0.717, 1.165) is 19.3 Å². The summed E-state index contributed by atoms with van der Waals surface area (Å²) in [4.78, 5) is 0. The Morgan fingerprint density at radius 3 is 2.68 bits per heavy atom. The molecule has 1 rings (SSSR count). The van der Waals surface area contributed by atoms with Crippen molar-refractivity contribution in [3.8, 4) is 0 Å². The van der Waals surface area contributed by atoms with Crippen molar-refractivity contribution in [2.24, 2.45) is 0 Å². The molecule has 0 unspecified atom stereocenters. The summed E-state index contributed by atoms with van der Waals surface area (Å²) in [5.41, 5.74) is 2.40. The molecule has 1 aromatic carbocycles. The highest BCUT2D eigenvalue weighted by Gasteiger charge is 2.12. The van der Waals surface area contributed by atoms with E-state index in [2.05, 4.69) is 31.7 Å². The second-order valence-electron chi connectivity index (χ2n) is 4.43. The molecule has 0 aliphatic rings. The molecule has 105 valence electrons. The van der Waals surface area contributed by atoms with Crippen LogP contribution in [0.4, 0.5) is 0 Å². The average Bonchev–Trinajstić information content (AvgIpc) is 2.45. The predicted molar refractivity (Wildman–Crippen MR) is 83.5 cm³/mol. The Hall–Kier alpha value is -0.903. The topological polar surface area (TPSA) is 18.5 Å². The molecule has 0 fully saturated rings. The molecular formula is C16H25O2Si. The summed E-state index contributed by atoms with van der Waals surface area (Å²) < 4.78 is 11.6. The van der Waals surface area contributed by atoms with Gasteiger partial charge in [-0.3, -0.25) is 0 Å². The highest BCUT2D eigenvalue weighted by atomic mass is 28.3. The van der Waals surface area contributed by atoms with Gasteiger partial charge in [0.25, 0.3) is 0 Å². The average molecular weight is 277 g/mol. The smallest absolute Gasteiger partial charge is 0.214 e. The van der Waals surface area contributed by atoms with Gasteiger partial charge in [-0.1, -0.05) is 50.3 Å². The molecule has 0 aromatic heterocycles. The molecule has 1 radical (unpaired) electrons. The van der Waals surface area contributed by atoms with Crippen LogP contribution >= 0.6 is 0 Å². The third kappa shape index (κ3) is 6.19. The van der Waals surface area contributed by atoms with E-state index in [4.69, 9.17) is 9.16 Å². The van der Waals surface area contributed by atoms with Crippen LogP contribution in [-0.4, -0.2) is 22.3 Å². The van der Waals surface area contributed by atoms with Gasteiger partial charge < -0.3 is 9.16 Å². The van der Waals surface area contributed by atoms with Crippen LogP contribution in [0.15, 0.2) is 30.8 Å². The number of rotatable bonds is 10. The quantitative estimate of drug-likeness (QED) is 0.469. The summed E-state index contributed by atoms with van der Waals surface area (Å²) in [6.45, 7) is 10.4. The number of hydrogen-bond donors (Lipinski definition) is 0. The Morgan fingerprint density at radius 2 is 2.00 bits per heavy atom. The van der Waals surface area contributed by atoms with Crippen molar-refractivity contribution in [1.82, 2.24) is 0 Å². The van der Waals surface area contributed by atoms with Crippen LogP contribution in [0.5, 0.6) is 0 Å². The molecular weight excluding hydrogens is 252 g/mol. The van der Waals surface area contributed by atoms with Crippen LogP contribution in [0.2, 0.25) is 12.1 Å². The number of benzene rings is 1. The van der Waals surface area contributed by atoms with Gasteiger partial charge in [0, 0.05) is 13.2 Å². The first-order valence-corrected chi connectivity index (χ1v) is 8.89. The van der Waals surface area contributed by atoms with E-state index in [1.807, 2.05) is 19.1 Å². The Morgan fingerprint density at radius 1 is 1.21 bits per heavy atom. The zero-order chi connectivity index (χ0) is 13.9. The number of ether oxygens (including phenoxy) is 1. The van der Waals surface area contributed by atoms with Crippen molar-refractivity contribution in [2.45, 2.75) is 39.0 Å². The van der Waals surface area contributed by atoms with Crippen molar-refractivity contribution in [2.75, 3.05) is 13.2 Å². The van der Waals surface area contributed by atoms with Crippen LogP contribution in [0, 0.1) is 0 Å². The van der Waals surface area contributed by atoms with E-state index in [0.29, 0.717) is 6.61 Å². The molecule has 2 nitrogen and oxygen atoms in total. The van der Waals surface area contributed by atoms with Gasteiger partial charge in [0.05, 0.1) is 6.61 Å². The molecule has 0 atom stereocenters. The van der Waals surface area contributed by atoms with Crippen LogP contribution in [0.25, 0.3) is 6.08 Å². The molecule has 0 bridgehead atoms. The third-order valence-corrected chi connectivity index (χ3v) is 5.34. The lowest BCUT2D eigenvalue weighted by molar-refractivity contribution is 0.157. The normalized spacial score (nSPS) is 10.9. The minimum atomic E-state index is -0.749. The molecule has 0 heterocycles. The van der Waals surface area contributed by atoms with Gasteiger partial charge in [0.1, 0.15) is 0 Å². The second-order valence-corrected chi connectivity index (χ2v) is 6.79. The Labute approximate surface area is 119 Å². The number of hydrogen-bond acceptors (Lipinski definition) is 2. The molecule has 19 heavy (non-hydrogen) atoms. The fourth-order valence-electron chi connectivity index (χ4n) is 1.92. The zero-order valence-corrected chi connectivity index (χ0v) is 13.2. The molecule has 1 aromatic rings. The van der Waals surface area contributed by atoms with Gasteiger partial charge in [0.15, 0.2) is 0 Å². The first kappa shape index (κ1) is 16.2. The molecule has 3 heteroatoms. The van der Waals surface area contributed by atoms with Crippen LogP contribution in [-0.2, 0) is 15.8 Å². The van der Waals surface area contributed by atoms with E-state index in [1.165, 1.54) is 23.6 Å². The Kier molecular flexibility index (Phi) is 8.46. The summed E-state index contributed by atoms with van der Waals surface area (Å²) in [6, 6.07) is 10.5. The van der Waals surface area contributed by atoms with Crippen molar-refractivity contribution >= 4 is 15.1 Å². The monoisotopic (exact) mass is 277 g/mol. The van der Waals surface area contributed by atoms with Crippen LogP contribution in [0.1, 0.15) is 31.4 Å². The first-order valence-electron chi connectivity index (χ1n) is 7.07. The fraction of sp³-hybridized carbons (Fsp3) is 0.500. The highest BCUT2D eigenvalue weighted by Crippen LogP contribution is 2.14. The summed E-state index contributed by atoms with van der Waals surface area (Å²) in [6.07, 6.45) is 3.08. The van der Waals surface area contributed by atoms with Crippen molar-refractivity contribution in [1.29, 1.82) is 0 Å². The molecule has 0 N–H and O–H groups in total. The Balaban J connectivity index is 2.47. The summed E-state index contributed by atoms with van der Waals surface area (Å²) in [7, 11) is -0.749. The Bertz CT molecular complexity index is 366. The van der Waals surface area contributed by atoms with Crippen molar-refractivity contribution in [3.05, 3.63) is 42.0 Å². The largest absolute Gasteiger partial charge is 0.412 e. The molecule has 0 aliphatic carbocycles. The fourth-order valence-corrected chi connectivity index (χ4v) is 3.75. The lowest BCUT2D eigenvalue weighted by Gasteiger charge is -2.15. The lowest BCUT2D eigenvalue weighted by atomic mass is 10.1. The predicted octanol–water partition coefficient (Wildman–Crippen LogP) is 4.28. The highest BCUT2D eigenvalue weighted by molar-refractivity contribution is 6.51.